The summed E-state index contributed by atoms with van der Waals surface area (Å²) in [6, 6.07) is 5.60. The standard InChI is InChI=1S/C14H19BrN2O3/c1-3-20-14(19)6-7-16-9-13(18)17-11-4-5-12(15)10(2)8-11/h4-5,8,16H,3,6-7,9H2,1-2H3,(H,17,18). The number of hydrogen-bond donors (Lipinski definition) is 2. The van der Waals surface area contributed by atoms with Gasteiger partial charge in [0.25, 0.3) is 0 Å². The lowest BCUT2D eigenvalue weighted by Crippen LogP contribution is -2.29. The Hall–Kier alpha value is -1.40. The van der Waals surface area contributed by atoms with E-state index in [1.54, 1.807) is 6.92 Å². The third-order valence-corrected chi connectivity index (χ3v) is 3.43. The smallest absolute Gasteiger partial charge is 0.307 e. The van der Waals surface area contributed by atoms with Crippen LogP contribution in [0.3, 0.4) is 0 Å². The molecule has 0 unspecified atom stereocenters. The molecule has 1 rings (SSSR count). The molecule has 0 fully saturated rings. The molecule has 0 aliphatic carbocycles. The van der Waals surface area contributed by atoms with Gasteiger partial charge in [0, 0.05) is 16.7 Å². The van der Waals surface area contributed by atoms with Crippen LogP contribution in [0.15, 0.2) is 22.7 Å². The Morgan fingerprint density at radius 1 is 1.35 bits per heavy atom. The lowest BCUT2D eigenvalue weighted by atomic mass is 10.2. The number of carbonyl (C=O) groups excluding carboxylic acids is 2. The van der Waals surface area contributed by atoms with Crippen LogP contribution in [0.5, 0.6) is 0 Å². The van der Waals surface area contributed by atoms with E-state index in [2.05, 4.69) is 26.6 Å². The fraction of sp³-hybridized carbons (Fsp3) is 0.429. The molecule has 0 spiro atoms. The van der Waals surface area contributed by atoms with Crippen molar-refractivity contribution in [3.8, 4) is 0 Å². The van der Waals surface area contributed by atoms with Gasteiger partial charge in [-0.2, -0.15) is 0 Å². The molecule has 0 heterocycles. The summed E-state index contributed by atoms with van der Waals surface area (Å²) in [5.74, 6) is -0.403. The van der Waals surface area contributed by atoms with Crippen LogP contribution in [-0.2, 0) is 14.3 Å². The number of hydrogen-bond acceptors (Lipinski definition) is 4. The SMILES string of the molecule is CCOC(=O)CCNCC(=O)Nc1ccc(Br)c(C)c1. The second-order valence-corrected chi connectivity index (χ2v) is 5.10. The van der Waals surface area contributed by atoms with Crippen molar-refractivity contribution in [2.24, 2.45) is 0 Å². The van der Waals surface area contributed by atoms with Crippen LogP contribution < -0.4 is 10.6 Å². The fourth-order valence-corrected chi connectivity index (χ4v) is 1.80. The minimum Gasteiger partial charge on any atom is -0.466 e. The van der Waals surface area contributed by atoms with Crippen molar-refractivity contribution in [1.82, 2.24) is 5.32 Å². The minimum atomic E-state index is -0.260. The first-order chi connectivity index (χ1) is 9.52. The number of benzene rings is 1. The van der Waals surface area contributed by atoms with E-state index in [0.717, 1.165) is 15.7 Å². The van der Waals surface area contributed by atoms with Crippen LogP contribution in [-0.4, -0.2) is 31.6 Å². The van der Waals surface area contributed by atoms with E-state index in [1.807, 2.05) is 25.1 Å². The van der Waals surface area contributed by atoms with Gasteiger partial charge < -0.3 is 15.4 Å². The van der Waals surface area contributed by atoms with Crippen molar-refractivity contribution < 1.29 is 14.3 Å². The predicted molar refractivity (Wildman–Crippen MR) is 81.6 cm³/mol. The van der Waals surface area contributed by atoms with Gasteiger partial charge in [0.2, 0.25) is 5.91 Å². The van der Waals surface area contributed by atoms with Gasteiger partial charge in [-0.25, -0.2) is 0 Å². The van der Waals surface area contributed by atoms with Crippen molar-refractivity contribution in [2.45, 2.75) is 20.3 Å². The topological polar surface area (TPSA) is 67.4 Å². The number of amides is 1. The first-order valence-corrected chi connectivity index (χ1v) is 7.24. The summed E-state index contributed by atoms with van der Waals surface area (Å²) in [4.78, 5) is 22.8. The number of rotatable bonds is 7. The lowest BCUT2D eigenvalue weighted by Gasteiger charge is -2.08. The van der Waals surface area contributed by atoms with Gasteiger partial charge in [-0.05, 0) is 37.6 Å². The maximum Gasteiger partial charge on any atom is 0.307 e. The number of aryl methyl sites for hydroxylation is 1. The van der Waals surface area contributed by atoms with Crippen LogP contribution >= 0.6 is 15.9 Å². The zero-order chi connectivity index (χ0) is 15.0. The summed E-state index contributed by atoms with van der Waals surface area (Å²) in [7, 11) is 0. The Bertz CT molecular complexity index is 477. The Morgan fingerprint density at radius 3 is 2.75 bits per heavy atom. The van der Waals surface area contributed by atoms with E-state index >= 15 is 0 Å². The van der Waals surface area contributed by atoms with E-state index in [0.29, 0.717) is 13.2 Å². The van der Waals surface area contributed by atoms with Crippen LogP contribution in [0, 0.1) is 6.92 Å². The number of anilines is 1. The highest BCUT2D eigenvalue weighted by Crippen LogP contribution is 2.19. The molecular formula is C14H19BrN2O3. The number of halogens is 1. The zero-order valence-corrected chi connectivity index (χ0v) is 13.2. The fourth-order valence-electron chi connectivity index (χ4n) is 1.55. The lowest BCUT2D eigenvalue weighted by molar-refractivity contribution is -0.143. The van der Waals surface area contributed by atoms with Crippen LogP contribution in [0.4, 0.5) is 5.69 Å². The van der Waals surface area contributed by atoms with E-state index in [1.165, 1.54) is 0 Å². The second-order valence-electron chi connectivity index (χ2n) is 4.24. The maximum absolute atomic E-state index is 11.7. The minimum absolute atomic E-state index is 0.143. The summed E-state index contributed by atoms with van der Waals surface area (Å²) in [6.45, 7) is 4.68. The van der Waals surface area contributed by atoms with Gasteiger partial charge in [-0.3, -0.25) is 9.59 Å². The zero-order valence-electron chi connectivity index (χ0n) is 11.7. The van der Waals surface area contributed by atoms with Gasteiger partial charge in [0.1, 0.15) is 0 Å². The number of esters is 1. The number of carbonyl (C=O) groups is 2. The average molecular weight is 343 g/mol. The molecule has 1 amide bonds. The van der Waals surface area contributed by atoms with Gasteiger partial charge in [0.15, 0.2) is 0 Å². The third kappa shape index (κ3) is 6.16. The monoisotopic (exact) mass is 342 g/mol. The molecule has 0 radical (unpaired) electrons. The van der Waals surface area contributed by atoms with Crippen LogP contribution in [0.1, 0.15) is 18.9 Å². The second kappa shape index (κ2) is 8.71. The molecule has 6 heteroatoms. The summed E-state index contributed by atoms with van der Waals surface area (Å²) >= 11 is 3.40. The molecule has 0 aliphatic heterocycles. The highest BCUT2D eigenvalue weighted by atomic mass is 79.9. The molecule has 0 aromatic heterocycles. The normalized spacial score (nSPS) is 10.2. The van der Waals surface area contributed by atoms with Crippen molar-refractivity contribution in [3.05, 3.63) is 28.2 Å². The van der Waals surface area contributed by atoms with Crippen molar-refractivity contribution in [3.63, 3.8) is 0 Å². The maximum atomic E-state index is 11.7. The molecule has 0 saturated carbocycles. The van der Waals surface area contributed by atoms with E-state index in [9.17, 15) is 9.59 Å². The van der Waals surface area contributed by atoms with Crippen LogP contribution in [0.25, 0.3) is 0 Å². The molecule has 0 bridgehead atoms. The average Bonchev–Trinajstić information content (AvgIpc) is 2.39. The Labute approximate surface area is 127 Å². The van der Waals surface area contributed by atoms with Gasteiger partial charge >= 0.3 is 5.97 Å². The van der Waals surface area contributed by atoms with Gasteiger partial charge in [0.05, 0.1) is 19.6 Å². The third-order valence-electron chi connectivity index (χ3n) is 2.54. The molecule has 1 aromatic carbocycles. The summed E-state index contributed by atoms with van der Waals surface area (Å²) in [5.41, 5.74) is 1.81. The van der Waals surface area contributed by atoms with E-state index < -0.39 is 0 Å². The Morgan fingerprint density at radius 2 is 2.10 bits per heavy atom. The van der Waals surface area contributed by atoms with Crippen LogP contribution in [0.2, 0.25) is 0 Å². The van der Waals surface area contributed by atoms with Crippen molar-refractivity contribution in [1.29, 1.82) is 0 Å². The molecule has 5 nitrogen and oxygen atoms in total. The Kier molecular flexibility index (Phi) is 7.25. The van der Waals surface area contributed by atoms with Crippen molar-refractivity contribution in [2.75, 3.05) is 25.0 Å². The molecule has 110 valence electrons. The number of ether oxygens (including phenoxy) is 1. The van der Waals surface area contributed by atoms with Gasteiger partial charge in [-0.15, -0.1) is 0 Å². The molecule has 0 aliphatic rings. The van der Waals surface area contributed by atoms with Gasteiger partial charge in [-0.1, -0.05) is 15.9 Å². The highest BCUT2D eigenvalue weighted by molar-refractivity contribution is 9.10. The highest BCUT2D eigenvalue weighted by Gasteiger charge is 2.05. The summed E-state index contributed by atoms with van der Waals surface area (Å²) < 4.78 is 5.79. The molecule has 1 aromatic rings. The first kappa shape index (κ1) is 16.7. The summed E-state index contributed by atoms with van der Waals surface area (Å²) in [6.07, 6.45) is 0.262. The molecule has 0 saturated heterocycles. The Balaban J connectivity index is 2.26. The quantitative estimate of drug-likeness (QED) is 0.589. The predicted octanol–water partition coefficient (Wildman–Crippen LogP) is 2.24. The molecular weight excluding hydrogens is 324 g/mol. The van der Waals surface area contributed by atoms with E-state index in [4.69, 9.17) is 4.74 Å². The molecule has 2 N–H and O–H groups in total. The van der Waals surface area contributed by atoms with Crippen molar-refractivity contribution >= 4 is 33.5 Å². The first-order valence-electron chi connectivity index (χ1n) is 6.45. The van der Waals surface area contributed by atoms with E-state index in [-0.39, 0.29) is 24.8 Å². The molecule has 20 heavy (non-hydrogen) atoms. The largest absolute Gasteiger partial charge is 0.466 e. The summed E-state index contributed by atoms with van der Waals surface area (Å²) in [5, 5.41) is 5.68. The number of nitrogens with one attached hydrogen (secondary N) is 2. The molecule has 0 atom stereocenters.